The molecule has 1 saturated carbocycles. The van der Waals surface area contributed by atoms with Crippen LogP contribution in [0.5, 0.6) is 0 Å². The van der Waals surface area contributed by atoms with E-state index < -0.39 is 0 Å². The first-order valence-electron chi connectivity index (χ1n) is 4.10. The van der Waals surface area contributed by atoms with Crippen LogP contribution in [0.2, 0.25) is 0 Å². The lowest BCUT2D eigenvalue weighted by molar-refractivity contribution is 0.411. The number of anilines is 1. The summed E-state index contributed by atoms with van der Waals surface area (Å²) in [5.41, 5.74) is 5.68. The van der Waals surface area contributed by atoms with Crippen molar-refractivity contribution in [3.05, 3.63) is 15.6 Å². The van der Waals surface area contributed by atoms with Gasteiger partial charge in [0.05, 0.1) is 3.57 Å². The zero-order valence-corrected chi connectivity index (χ0v) is 9.79. The van der Waals surface area contributed by atoms with Gasteiger partial charge in [0.1, 0.15) is 11.6 Å². The van der Waals surface area contributed by atoms with Crippen LogP contribution in [0.25, 0.3) is 0 Å². The third-order valence-electron chi connectivity index (χ3n) is 2.31. The van der Waals surface area contributed by atoms with E-state index in [9.17, 15) is 0 Å². The third-order valence-corrected chi connectivity index (χ3v) is 3.67. The van der Waals surface area contributed by atoms with Crippen molar-refractivity contribution < 1.29 is 0 Å². The lowest BCUT2D eigenvalue weighted by Gasteiger charge is -2.30. The average Bonchev–Trinajstić information content (AvgIpc) is 2.09. The quantitative estimate of drug-likeness (QED) is 0.639. The molecule has 13 heavy (non-hydrogen) atoms. The highest BCUT2D eigenvalue weighted by atomic mass is 127. The molecule has 0 amide bonds. The van der Waals surface area contributed by atoms with Crippen LogP contribution < -0.4 is 5.73 Å². The molecule has 5 heteroatoms. The molecular formula is C8H9ClIN3. The number of hydrogen-bond acceptors (Lipinski definition) is 3. The largest absolute Gasteiger partial charge is 0.383 e. The summed E-state index contributed by atoms with van der Waals surface area (Å²) in [6, 6.07) is 0. The zero-order chi connectivity index (χ0) is 9.42. The van der Waals surface area contributed by atoms with Crippen LogP contribution in [0, 0.1) is 3.57 Å². The Hall–Kier alpha value is -0.100. The van der Waals surface area contributed by atoms with Crippen molar-refractivity contribution in [3.8, 4) is 0 Å². The maximum Gasteiger partial charge on any atom is 0.140 e. The molecular weight excluding hydrogens is 300 g/mol. The van der Waals surface area contributed by atoms with Crippen LogP contribution >= 0.6 is 34.2 Å². The van der Waals surface area contributed by atoms with Crippen molar-refractivity contribution in [1.29, 1.82) is 0 Å². The molecule has 2 atom stereocenters. The number of nitrogens with two attached hydrogens (primary N) is 1. The molecule has 1 aromatic rings. The molecule has 0 saturated heterocycles. The molecule has 70 valence electrons. The first-order valence-corrected chi connectivity index (χ1v) is 5.62. The Labute approximate surface area is 95.2 Å². The van der Waals surface area contributed by atoms with Gasteiger partial charge in [-0.2, -0.15) is 0 Å². The molecule has 0 aliphatic heterocycles. The summed E-state index contributed by atoms with van der Waals surface area (Å²) in [5, 5.41) is 0.194. The van der Waals surface area contributed by atoms with Crippen LogP contribution in [-0.4, -0.2) is 15.3 Å². The molecule has 1 aliphatic rings. The second kappa shape index (κ2) is 3.57. The van der Waals surface area contributed by atoms with Crippen molar-refractivity contribution in [2.45, 2.75) is 24.1 Å². The summed E-state index contributed by atoms with van der Waals surface area (Å²) >= 11 is 8.14. The van der Waals surface area contributed by atoms with E-state index in [0.717, 1.165) is 22.2 Å². The number of nitrogen functional groups attached to an aromatic ring is 1. The summed E-state index contributed by atoms with van der Waals surface area (Å²) in [6.07, 6.45) is 3.88. The van der Waals surface area contributed by atoms with Crippen molar-refractivity contribution >= 4 is 40.0 Å². The summed E-state index contributed by atoms with van der Waals surface area (Å²) < 4.78 is 0.895. The smallest absolute Gasteiger partial charge is 0.140 e. The Balaban J connectivity index is 2.26. The molecule has 1 aliphatic carbocycles. The minimum Gasteiger partial charge on any atom is -0.383 e. The fraction of sp³-hybridized carbons (Fsp3) is 0.500. The third kappa shape index (κ3) is 1.74. The van der Waals surface area contributed by atoms with Crippen molar-refractivity contribution in [1.82, 2.24) is 9.97 Å². The molecule has 2 unspecified atom stereocenters. The number of halogens is 2. The van der Waals surface area contributed by atoms with Gasteiger partial charge in [0, 0.05) is 17.5 Å². The van der Waals surface area contributed by atoms with Gasteiger partial charge < -0.3 is 5.73 Å². The predicted molar refractivity (Wildman–Crippen MR) is 60.8 cm³/mol. The number of nitrogens with zero attached hydrogens (tertiary/aromatic N) is 2. The summed E-state index contributed by atoms with van der Waals surface area (Å²) in [5.74, 6) is 1.66. The highest BCUT2D eigenvalue weighted by Crippen LogP contribution is 2.39. The normalized spacial score (nSPS) is 26.9. The summed E-state index contributed by atoms with van der Waals surface area (Å²) in [4.78, 5) is 8.45. The fourth-order valence-corrected chi connectivity index (χ4v) is 1.95. The van der Waals surface area contributed by atoms with Gasteiger partial charge >= 0.3 is 0 Å². The highest BCUT2D eigenvalue weighted by molar-refractivity contribution is 14.1. The fourth-order valence-electron chi connectivity index (χ4n) is 1.32. The molecule has 3 nitrogen and oxygen atoms in total. The highest BCUT2D eigenvalue weighted by Gasteiger charge is 2.32. The van der Waals surface area contributed by atoms with Crippen LogP contribution in [0.1, 0.15) is 24.6 Å². The topological polar surface area (TPSA) is 51.8 Å². The molecule has 2 N–H and O–H groups in total. The first kappa shape index (κ1) is 9.45. The van der Waals surface area contributed by atoms with Crippen LogP contribution in [0.4, 0.5) is 5.82 Å². The second-order valence-corrected chi connectivity index (χ2v) is 4.88. The Morgan fingerprint density at radius 2 is 2.31 bits per heavy atom. The molecule has 1 heterocycles. The lowest BCUT2D eigenvalue weighted by atomic mass is 9.84. The maximum absolute atomic E-state index is 6.02. The Bertz CT molecular complexity index is 331. The number of alkyl halides is 1. The van der Waals surface area contributed by atoms with Crippen molar-refractivity contribution in [3.63, 3.8) is 0 Å². The molecule has 0 spiro atoms. The molecule has 1 aromatic heterocycles. The van der Waals surface area contributed by atoms with E-state index in [1.807, 2.05) is 0 Å². The van der Waals surface area contributed by atoms with Gasteiger partial charge in [-0.1, -0.05) is 0 Å². The van der Waals surface area contributed by atoms with Gasteiger partial charge in [-0.15, -0.1) is 11.6 Å². The lowest BCUT2D eigenvalue weighted by Crippen LogP contribution is -2.26. The number of hydrogen-bond donors (Lipinski definition) is 1. The standard InChI is InChI=1S/C8H9ClIN3/c9-5-2-1-4(5)8-12-3-6(10)7(11)13-8/h3-5H,1-2H2,(H2,11,12,13). The SMILES string of the molecule is Nc1nc(C2CCC2Cl)ncc1I. The molecule has 0 bridgehead atoms. The Morgan fingerprint density at radius 1 is 1.54 bits per heavy atom. The van der Waals surface area contributed by atoms with E-state index in [0.29, 0.717) is 11.7 Å². The van der Waals surface area contributed by atoms with E-state index in [1.54, 1.807) is 6.20 Å². The number of aromatic nitrogens is 2. The maximum atomic E-state index is 6.02. The van der Waals surface area contributed by atoms with E-state index in [4.69, 9.17) is 17.3 Å². The van der Waals surface area contributed by atoms with Gasteiger partial charge in [0.15, 0.2) is 0 Å². The van der Waals surface area contributed by atoms with Crippen LogP contribution in [0.3, 0.4) is 0 Å². The van der Waals surface area contributed by atoms with Gasteiger partial charge in [-0.3, -0.25) is 0 Å². The molecule has 0 radical (unpaired) electrons. The number of rotatable bonds is 1. The van der Waals surface area contributed by atoms with E-state index in [-0.39, 0.29) is 5.38 Å². The van der Waals surface area contributed by atoms with Crippen molar-refractivity contribution in [2.24, 2.45) is 0 Å². The van der Waals surface area contributed by atoms with Gasteiger partial charge in [-0.05, 0) is 35.4 Å². The van der Waals surface area contributed by atoms with Gasteiger partial charge in [-0.25, -0.2) is 9.97 Å². The second-order valence-electron chi connectivity index (χ2n) is 3.16. The molecule has 2 rings (SSSR count). The summed E-state index contributed by atoms with van der Waals surface area (Å²) in [7, 11) is 0. The molecule has 0 aromatic carbocycles. The minimum absolute atomic E-state index is 0.194. The van der Waals surface area contributed by atoms with E-state index in [2.05, 4.69) is 32.6 Å². The van der Waals surface area contributed by atoms with Gasteiger partial charge in [0.2, 0.25) is 0 Å². The average molecular weight is 310 g/mol. The van der Waals surface area contributed by atoms with Crippen molar-refractivity contribution in [2.75, 3.05) is 5.73 Å². The Kier molecular flexibility index (Phi) is 2.60. The predicted octanol–water partition coefficient (Wildman–Crippen LogP) is 2.15. The van der Waals surface area contributed by atoms with E-state index in [1.165, 1.54) is 0 Å². The molecule has 1 fully saturated rings. The minimum atomic E-state index is 0.194. The zero-order valence-electron chi connectivity index (χ0n) is 6.87. The first-order chi connectivity index (χ1) is 6.18. The van der Waals surface area contributed by atoms with Crippen LogP contribution in [-0.2, 0) is 0 Å². The van der Waals surface area contributed by atoms with Crippen LogP contribution in [0.15, 0.2) is 6.20 Å². The summed E-state index contributed by atoms with van der Waals surface area (Å²) in [6.45, 7) is 0. The Morgan fingerprint density at radius 3 is 2.77 bits per heavy atom. The van der Waals surface area contributed by atoms with Gasteiger partial charge in [0.25, 0.3) is 0 Å². The monoisotopic (exact) mass is 309 g/mol. The van der Waals surface area contributed by atoms with E-state index >= 15 is 0 Å².